The quantitative estimate of drug-likeness (QED) is 0.0212. The Morgan fingerprint density at radius 3 is 0.918 bits per heavy atom. The van der Waals surface area contributed by atoms with Crippen molar-refractivity contribution in [2.24, 2.45) is 0 Å². The average Bonchev–Trinajstić information content (AvgIpc) is 0.791. The first-order chi connectivity index (χ1) is 46.7. The van der Waals surface area contributed by atoms with E-state index >= 15 is 0 Å². The van der Waals surface area contributed by atoms with Crippen LogP contribution in [-0.4, -0.2) is 109 Å². The molecule has 6 amide bonds. The van der Waals surface area contributed by atoms with E-state index < -0.39 is 76.7 Å². The van der Waals surface area contributed by atoms with Gasteiger partial charge in [-0.15, -0.1) is 20.4 Å². The lowest BCUT2D eigenvalue weighted by molar-refractivity contribution is -0.146. The Bertz CT molecular complexity index is 3340. The first-order valence-corrected chi connectivity index (χ1v) is 34.6. The fraction of sp³-hybridized carbons (Fsp3) is 0.395. The lowest BCUT2D eigenvalue weighted by atomic mass is 9.77. The number of Topliss-reactive ketones (excluding diaryl/α,β-unsaturated/α-hetero) is 1. The molecule has 2 unspecified atom stereocenters. The number of aliphatic hydroxyl groups is 1. The summed E-state index contributed by atoms with van der Waals surface area (Å²) in [5.74, 6) is -1.87. The summed E-state index contributed by atoms with van der Waals surface area (Å²) in [6.45, 7) is 24.1. The number of carbonyl (C=O) groups excluding carboxylic acids is 5. The fourth-order valence-electron chi connectivity index (χ4n) is 11.2. The van der Waals surface area contributed by atoms with Gasteiger partial charge in [0, 0.05) is 18.9 Å². The second-order valence-corrected chi connectivity index (χ2v) is 28.0. The van der Waals surface area contributed by atoms with Gasteiger partial charge in [0.2, 0.25) is 11.8 Å². The number of nitrogens with one attached hydrogen (secondary N) is 6. The highest BCUT2D eigenvalue weighted by molar-refractivity contribution is 7.11. The zero-order valence-electron chi connectivity index (χ0n) is 58.5. The molecule has 2 heterocycles. The molecule has 22 heteroatoms. The van der Waals surface area contributed by atoms with Gasteiger partial charge >= 0.3 is 18.0 Å². The van der Waals surface area contributed by atoms with E-state index in [0.29, 0.717) is 10.0 Å². The summed E-state index contributed by atoms with van der Waals surface area (Å²) in [5.41, 5.74) is 1.95. The van der Waals surface area contributed by atoms with Crippen molar-refractivity contribution in [1.29, 1.82) is 0 Å². The number of nitrogens with zero attached hydrogens (tertiary/aromatic N) is 4. The second kappa shape index (κ2) is 36.5. The molecule has 8 rings (SSSR count). The molecular formula is C76H96N10O10S2. The monoisotopic (exact) mass is 1370 g/mol. The molecule has 522 valence electrons. The number of aliphatic hydroxyl groups excluding tert-OH is 1. The number of hydrogen-bond acceptors (Lipinski definition) is 15. The molecular weight excluding hydrogens is 1280 g/mol. The van der Waals surface area contributed by atoms with Gasteiger partial charge in [0.25, 0.3) is 0 Å². The number of carboxylic acid groups (broad SMARTS) is 1. The van der Waals surface area contributed by atoms with E-state index in [9.17, 15) is 33.9 Å². The third-order valence-corrected chi connectivity index (χ3v) is 18.7. The molecule has 8 atom stereocenters. The van der Waals surface area contributed by atoms with Crippen molar-refractivity contribution in [2.45, 2.75) is 186 Å². The summed E-state index contributed by atoms with van der Waals surface area (Å²) in [5, 5.41) is 54.7. The molecule has 98 heavy (non-hydrogen) atoms. The Kier molecular flexibility index (Phi) is 29.0. The highest BCUT2D eigenvalue weighted by atomic mass is 32.1. The summed E-state index contributed by atoms with van der Waals surface area (Å²) in [4.78, 5) is 80.4. The van der Waals surface area contributed by atoms with Crippen molar-refractivity contribution in [3.05, 3.63) is 235 Å². The molecule has 20 nitrogen and oxygen atoms in total. The van der Waals surface area contributed by atoms with Crippen molar-refractivity contribution in [1.82, 2.24) is 52.3 Å². The van der Waals surface area contributed by atoms with Crippen LogP contribution in [0, 0.1) is 0 Å². The highest BCUT2D eigenvalue weighted by Gasteiger charge is 2.42. The summed E-state index contributed by atoms with van der Waals surface area (Å²) in [7, 11) is 1.00. The standard InChI is InChI=1S/C38H47N5O4S.C37H45N5O5S.CH4O/c1-8-25(2)34-42-43-35(48-34)31(39-36(46)40-33(26(3)44)27(4)47-37(5,6)7)24-32(45)41-38(28-18-12-9-13-19-28,29-20-14-10-15-21-29)30-22-16-11-17-23-30;1-7-24(2)32-41-42-33(48-32)29(38-35(46)39-31(34(44)45)25(3)47-36(4,5)6)23-30(43)40-37(26-17-11-8-12-18-26,27-19-13-9-14-20-27)28-21-15-10-16-22-28;1-2/h9-23,25,27,31,33H,8,24H2,1-7H3,(H,41,45)(H2,39,40,46);8-22,24-25,29,31H,7,23H2,1-6H3,(H,40,43)(H,44,45)(H2,38,39,46);2H,1H3/t25-,27?,31-,33+;24-,25?,29-,31-;/m00./s1. The fourth-order valence-corrected chi connectivity index (χ4v) is 13.3. The van der Waals surface area contributed by atoms with Crippen LogP contribution in [0.1, 0.15) is 193 Å². The van der Waals surface area contributed by atoms with Crippen LogP contribution in [0.25, 0.3) is 0 Å². The molecule has 0 fully saturated rings. The van der Waals surface area contributed by atoms with E-state index in [1.807, 2.05) is 237 Å². The van der Waals surface area contributed by atoms with Gasteiger partial charge in [-0.3, -0.25) is 14.4 Å². The first-order valence-electron chi connectivity index (χ1n) is 33.0. The van der Waals surface area contributed by atoms with Gasteiger partial charge in [-0.2, -0.15) is 0 Å². The number of aliphatic carboxylic acids is 1. The smallest absolute Gasteiger partial charge is 0.328 e. The minimum absolute atomic E-state index is 0.129. The maximum atomic E-state index is 14.3. The Hall–Kier alpha value is -9.06. The van der Waals surface area contributed by atoms with Crippen LogP contribution in [0.4, 0.5) is 9.59 Å². The topological polar surface area (TPSA) is 285 Å². The van der Waals surface area contributed by atoms with Gasteiger partial charge in [-0.05, 0) is 109 Å². The highest BCUT2D eigenvalue weighted by Crippen LogP contribution is 2.40. The van der Waals surface area contributed by atoms with Crippen LogP contribution in [0.2, 0.25) is 0 Å². The Morgan fingerprint density at radius 1 is 0.418 bits per heavy atom. The maximum absolute atomic E-state index is 14.3. The van der Waals surface area contributed by atoms with Gasteiger partial charge in [0.05, 0.1) is 48.3 Å². The van der Waals surface area contributed by atoms with Crippen LogP contribution >= 0.6 is 22.7 Å². The molecule has 0 aliphatic carbocycles. The number of urea groups is 2. The average molecular weight is 1370 g/mol. The van der Waals surface area contributed by atoms with E-state index in [-0.39, 0.29) is 42.3 Å². The molecule has 6 aromatic carbocycles. The van der Waals surface area contributed by atoms with E-state index in [4.69, 9.17) is 14.6 Å². The Balaban J connectivity index is 0.000000302. The number of ketones is 1. The van der Waals surface area contributed by atoms with E-state index in [2.05, 4.69) is 66.1 Å². The SMILES string of the molecule is CC[C@H](C)c1nnc([C@H](CC(=O)NC(c2ccccc2)(c2ccccc2)c2ccccc2)NC(=O)N[C@H](C(=O)O)C(C)OC(C)(C)C)s1.CC[C@H](C)c1nnc([C@H](CC(=O)NC(c2ccccc2)(c2ccccc2)c2ccccc2)NC(=O)N[C@H](C(C)=O)C(C)OC(C)(C)C)s1.CO. The lowest BCUT2D eigenvalue weighted by Crippen LogP contribution is -2.54. The maximum Gasteiger partial charge on any atom is 0.328 e. The number of carbonyl (C=O) groups is 6. The Labute approximate surface area is 584 Å². The molecule has 2 aromatic heterocycles. The number of rotatable bonds is 28. The summed E-state index contributed by atoms with van der Waals surface area (Å²) >= 11 is 2.69. The largest absolute Gasteiger partial charge is 0.480 e. The molecule has 0 radical (unpaired) electrons. The van der Waals surface area contributed by atoms with Gasteiger partial charge in [-0.25, -0.2) is 14.4 Å². The number of amides is 6. The molecule has 0 saturated carbocycles. The summed E-state index contributed by atoms with van der Waals surface area (Å²) in [6.07, 6.45) is -0.0348. The number of hydrogen-bond donors (Lipinski definition) is 8. The number of carboxylic acids is 1. The predicted molar refractivity (Wildman–Crippen MR) is 385 cm³/mol. The van der Waals surface area contributed by atoms with Crippen molar-refractivity contribution in [3.63, 3.8) is 0 Å². The van der Waals surface area contributed by atoms with E-state index in [1.165, 1.54) is 29.6 Å². The lowest BCUT2D eigenvalue weighted by Gasteiger charge is -2.37. The van der Waals surface area contributed by atoms with Crippen LogP contribution in [0.5, 0.6) is 0 Å². The minimum Gasteiger partial charge on any atom is -0.480 e. The van der Waals surface area contributed by atoms with Gasteiger partial charge in [0.1, 0.15) is 37.2 Å². The van der Waals surface area contributed by atoms with Crippen LogP contribution in [-0.2, 0) is 39.7 Å². The minimum atomic E-state index is -1.34. The van der Waals surface area contributed by atoms with E-state index in [0.717, 1.165) is 63.3 Å². The molecule has 8 aromatic rings. The van der Waals surface area contributed by atoms with Crippen LogP contribution in [0.3, 0.4) is 0 Å². The third kappa shape index (κ3) is 21.5. The number of aromatic nitrogens is 4. The van der Waals surface area contributed by atoms with Crippen molar-refractivity contribution in [3.8, 4) is 0 Å². The third-order valence-electron chi connectivity index (χ3n) is 16.2. The molecule has 0 bridgehead atoms. The molecule has 0 spiro atoms. The number of benzene rings is 6. The van der Waals surface area contributed by atoms with Crippen LogP contribution < -0.4 is 31.9 Å². The molecule has 0 aliphatic heterocycles. The second-order valence-electron chi connectivity index (χ2n) is 25.9. The molecule has 0 saturated heterocycles. The van der Waals surface area contributed by atoms with Gasteiger partial charge in [-0.1, -0.05) is 232 Å². The van der Waals surface area contributed by atoms with Crippen molar-refractivity contribution < 1.29 is 48.5 Å². The number of ether oxygens (including phenoxy) is 2. The molecule has 8 N–H and O–H groups in total. The van der Waals surface area contributed by atoms with Gasteiger partial charge < -0.3 is 51.6 Å². The van der Waals surface area contributed by atoms with Crippen molar-refractivity contribution >= 4 is 58.3 Å². The van der Waals surface area contributed by atoms with Crippen LogP contribution in [0.15, 0.2) is 182 Å². The Morgan fingerprint density at radius 2 is 0.673 bits per heavy atom. The zero-order valence-corrected chi connectivity index (χ0v) is 60.2. The first kappa shape index (κ1) is 77.9. The summed E-state index contributed by atoms with van der Waals surface area (Å²) < 4.78 is 11.8. The van der Waals surface area contributed by atoms with Gasteiger partial charge in [0.15, 0.2) is 11.8 Å². The normalized spacial score (nSPS) is 14.1. The summed E-state index contributed by atoms with van der Waals surface area (Å²) in [6, 6.07) is 53.3. The predicted octanol–water partition coefficient (Wildman–Crippen LogP) is 13.2. The van der Waals surface area contributed by atoms with E-state index in [1.54, 1.807) is 13.8 Å². The molecule has 0 aliphatic rings. The van der Waals surface area contributed by atoms with Crippen molar-refractivity contribution in [2.75, 3.05) is 7.11 Å². The zero-order chi connectivity index (χ0) is 71.8.